The van der Waals surface area contributed by atoms with Gasteiger partial charge in [0.15, 0.2) is 0 Å². The van der Waals surface area contributed by atoms with Gasteiger partial charge in [0.2, 0.25) is 6.10 Å². The monoisotopic (exact) mass is 198 g/mol. The molecule has 2 aliphatic rings. The van der Waals surface area contributed by atoms with E-state index in [1.807, 2.05) is 0 Å². The van der Waals surface area contributed by atoms with Crippen LogP contribution in [0, 0.1) is 11.3 Å². The van der Waals surface area contributed by atoms with E-state index in [4.69, 9.17) is 9.84 Å². The molecule has 4 heteroatoms. The van der Waals surface area contributed by atoms with Gasteiger partial charge in [-0.15, -0.1) is 0 Å². The molecule has 0 aromatic heterocycles. The highest BCUT2D eigenvalue weighted by Gasteiger charge is 2.62. The van der Waals surface area contributed by atoms with Crippen molar-refractivity contribution in [3.63, 3.8) is 0 Å². The Morgan fingerprint density at radius 3 is 2.86 bits per heavy atom. The van der Waals surface area contributed by atoms with Gasteiger partial charge >= 0.3 is 11.9 Å². The summed E-state index contributed by atoms with van der Waals surface area (Å²) in [5, 5.41) is 8.88. The fraction of sp³-hybridized carbons (Fsp3) is 0.800. The zero-order chi connectivity index (χ0) is 10.3. The first-order valence-electron chi connectivity index (χ1n) is 5.00. The highest BCUT2D eigenvalue weighted by molar-refractivity contribution is 5.94. The summed E-state index contributed by atoms with van der Waals surface area (Å²) in [6, 6.07) is 0. The lowest BCUT2D eigenvalue weighted by Crippen LogP contribution is -2.61. The van der Waals surface area contributed by atoms with Crippen LogP contribution in [0.2, 0.25) is 0 Å². The molecule has 3 atom stereocenters. The zero-order valence-corrected chi connectivity index (χ0v) is 8.16. The largest absolute Gasteiger partial charge is 0.478 e. The summed E-state index contributed by atoms with van der Waals surface area (Å²) in [5.41, 5.74) is -0.691. The Labute approximate surface area is 82.2 Å². The number of aliphatic carboxylic acids is 1. The maximum absolute atomic E-state index is 11.4. The third-order valence-corrected chi connectivity index (χ3v) is 3.39. The molecule has 1 aliphatic carbocycles. The number of carboxylic acids is 1. The first-order chi connectivity index (χ1) is 6.56. The molecule has 0 bridgehead atoms. The minimum atomic E-state index is -1.00. The van der Waals surface area contributed by atoms with Crippen molar-refractivity contribution >= 4 is 11.9 Å². The van der Waals surface area contributed by atoms with Crippen molar-refractivity contribution in [1.82, 2.24) is 0 Å². The fourth-order valence-electron chi connectivity index (χ4n) is 2.69. The molecule has 14 heavy (non-hydrogen) atoms. The summed E-state index contributed by atoms with van der Waals surface area (Å²) in [6.07, 6.45) is 2.47. The average Bonchev–Trinajstić information content (AvgIpc) is 2.13. The van der Waals surface area contributed by atoms with Gasteiger partial charge in [-0.05, 0) is 18.8 Å². The fourth-order valence-corrected chi connectivity index (χ4v) is 2.69. The predicted molar refractivity (Wildman–Crippen MR) is 47.6 cm³/mol. The number of hydrogen-bond acceptors (Lipinski definition) is 3. The third kappa shape index (κ3) is 1.13. The van der Waals surface area contributed by atoms with Crippen molar-refractivity contribution in [1.29, 1.82) is 0 Å². The number of esters is 1. The second kappa shape index (κ2) is 2.97. The van der Waals surface area contributed by atoms with Gasteiger partial charge in [0.25, 0.3) is 0 Å². The molecule has 1 heterocycles. The van der Waals surface area contributed by atoms with E-state index in [0.717, 1.165) is 12.8 Å². The normalized spacial score (nSPS) is 41.6. The second-order valence-corrected chi connectivity index (χ2v) is 4.48. The number of carbonyl (C=O) groups is 2. The summed E-state index contributed by atoms with van der Waals surface area (Å²) in [7, 11) is 0. The maximum atomic E-state index is 11.4. The van der Waals surface area contributed by atoms with Crippen LogP contribution in [0.15, 0.2) is 0 Å². The van der Waals surface area contributed by atoms with Crippen LogP contribution in [0.5, 0.6) is 0 Å². The van der Waals surface area contributed by atoms with Crippen LogP contribution in [-0.2, 0) is 14.3 Å². The zero-order valence-electron chi connectivity index (χ0n) is 8.16. The average molecular weight is 198 g/mol. The Bertz CT molecular complexity index is 286. The van der Waals surface area contributed by atoms with Gasteiger partial charge in [-0.2, -0.15) is 0 Å². The van der Waals surface area contributed by atoms with E-state index in [9.17, 15) is 9.59 Å². The summed E-state index contributed by atoms with van der Waals surface area (Å²) in [6.45, 7) is 2.06. The lowest BCUT2D eigenvalue weighted by atomic mass is 9.64. The second-order valence-electron chi connectivity index (χ2n) is 4.48. The Morgan fingerprint density at radius 2 is 2.36 bits per heavy atom. The number of cyclic esters (lactones) is 1. The molecule has 1 spiro atoms. The first kappa shape index (κ1) is 9.49. The molecule has 4 nitrogen and oxygen atoms in total. The van der Waals surface area contributed by atoms with Crippen molar-refractivity contribution in [3.8, 4) is 0 Å². The maximum Gasteiger partial charge on any atom is 0.346 e. The number of carbonyl (C=O) groups excluding carboxylic acids is 1. The van der Waals surface area contributed by atoms with Crippen LogP contribution in [0.25, 0.3) is 0 Å². The van der Waals surface area contributed by atoms with Crippen molar-refractivity contribution < 1.29 is 19.4 Å². The molecule has 1 saturated heterocycles. The SMILES string of the molecule is CC1CCCC2(C1)C(=O)OC2C(=O)O. The van der Waals surface area contributed by atoms with Gasteiger partial charge in [0.1, 0.15) is 5.41 Å². The number of ether oxygens (including phenoxy) is 1. The van der Waals surface area contributed by atoms with Crippen LogP contribution >= 0.6 is 0 Å². The Morgan fingerprint density at radius 1 is 1.64 bits per heavy atom. The topological polar surface area (TPSA) is 63.6 Å². The molecule has 3 unspecified atom stereocenters. The van der Waals surface area contributed by atoms with E-state index in [0.29, 0.717) is 18.8 Å². The van der Waals surface area contributed by atoms with Gasteiger partial charge in [-0.3, -0.25) is 4.79 Å². The summed E-state index contributed by atoms with van der Waals surface area (Å²) >= 11 is 0. The molecule has 78 valence electrons. The summed E-state index contributed by atoms with van der Waals surface area (Å²) in [4.78, 5) is 22.2. The molecule has 2 rings (SSSR count). The highest BCUT2D eigenvalue weighted by Crippen LogP contribution is 2.50. The Hall–Kier alpha value is -1.06. The molecule has 0 aromatic rings. The van der Waals surface area contributed by atoms with E-state index in [1.165, 1.54) is 0 Å². The lowest BCUT2D eigenvalue weighted by Gasteiger charge is -2.48. The van der Waals surface area contributed by atoms with Gasteiger partial charge in [0, 0.05) is 0 Å². The quantitative estimate of drug-likeness (QED) is 0.643. The van der Waals surface area contributed by atoms with Gasteiger partial charge in [0.05, 0.1) is 0 Å². The number of hydrogen-bond donors (Lipinski definition) is 1. The van der Waals surface area contributed by atoms with Crippen molar-refractivity contribution in [2.45, 2.75) is 38.7 Å². The summed E-state index contributed by atoms with van der Waals surface area (Å²) < 4.78 is 4.70. The molecule has 0 aromatic carbocycles. The highest BCUT2D eigenvalue weighted by atomic mass is 16.6. The van der Waals surface area contributed by atoms with Gasteiger partial charge in [-0.25, -0.2) is 4.79 Å². The van der Waals surface area contributed by atoms with Crippen LogP contribution in [-0.4, -0.2) is 23.1 Å². The molecule has 1 N–H and O–H groups in total. The van der Waals surface area contributed by atoms with Crippen LogP contribution in [0.3, 0.4) is 0 Å². The molecule has 1 aliphatic heterocycles. The van der Waals surface area contributed by atoms with E-state index in [2.05, 4.69) is 6.92 Å². The first-order valence-corrected chi connectivity index (χ1v) is 5.00. The smallest absolute Gasteiger partial charge is 0.346 e. The number of carboxylic acid groups (broad SMARTS) is 1. The molecule has 2 fully saturated rings. The van der Waals surface area contributed by atoms with Crippen molar-refractivity contribution in [2.75, 3.05) is 0 Å². The standard InChI is InChI=1S/C10H14O4/c1-6-3-2-4-10(5-6)7(8(11)12)14-9(10)13/h6-7H,2-5H2,1H3,(H,11,12). The molecular weight excluding hydrogens is 184 g/mol. The summed E-state index contributed by atoms with van der Waals surface area (Å²) in [5.74, 6) is -0.881. The molecular formula is C10H14O4. The van der Waals surface area contributed by atoms with Gasteiger partial charge < -0.3 is 9.84 Å². The van der Waals surface area contributed by atoms with E-state index >= 15 is 0 Å². The van der Waals surface area contributed by atoms with Crippen LogP contribution in [0.4, 0.5) is 0 Å². The molecule has 0 radical (unpaired) electrons. The third-order valence-electron chi connectivity index (χ3n) is 3.39. The minimum absolute atomic E-state index is 0.309. The van der Waals surface area contributed by atoms with Gasteiger partial charge in [-0.1, -0.05) is 19.8 Å². The number of rotatable bonds is 1. The van der Waals surface area contributed by atoms with E-state index in [1.54, 1.807) is 0 Å². The molecule has 1 saturated carbocycles. The van der Waals surface area contributed by atoms with Crippen LogP contribution in [0.1, 0.15) is 32.6 Å². The minimum Gasteiger partial charge on any atom is -0.478 e. The van der Waals surface area contributed by atoms with E-state index in [-0.39, 0.29) is 5.97 Å². The predicted octanol–water partition coefficient (Wildman–Crippen LogP) is 1.19. The lowest BCUT2D eigenvalue weighted by molar-refractivity contribution is -0.221. The Balaban J connectivity index is 2.19. The van der Waals surface area contributed by atoms with Crippen LogP contribution < -0.4 is 0 Å². The van der Waals surface area contributed by atoms with Crippen molar-refractivity contribution in [2.24, 2.45) is 11.3 Å². The van der Waals surface area contributed by atoms with Crippen molar-refractivity contribution in [3.05, 3.63) is 0 Å². The Kier molecular flexibility index (Phi) is 2.01. The molecule has 0 amide bonds. The van der Waals surface area contributed by atoms with E-state index < -0.39 is 17.5 Å².